The minimum atomic E-state index is -1.05. The maximum Gasteiger partial charge on any atom is 0.338 e. The van der Waals surface area contributed by atoms with Crippen LogP contribution in [0.25, 0.3) is 0 Å². The van der Waals surface area contributed by atoms with E-state index in [0.717, 1.165) is 9.35 Å². The molecular weight excluding hydrogens is 364 g/mol. The van der Waals surface area contributed by atoms with Gasteiger partial charge in [-0.3, -0.25) is 5.32 Å². The molecule has 0 fully saturated rings. The molecule has 0 atom stereocenters. The van der Waals surface area contributed by atoms with Gasteiger partial charge in [-0.25, -0.2) is 9.59 Å². The van der Waals surface area contributed by atoms with E-state index >= 15 is 0 Å². The van der Waals surface area contributed by atoms with E-state index in [1.807, 2.05) is 11.4 Å². The van der Waals surface area contributed by atoms with Crippen molar-refractivity contribution in [2.45, 2.75) is 6.54 Å². The number of thiophene rings is 2. The molecule has 2 aromatic heterocycles. The van der Waals surface area contributed by atoms with Crippen molar-refractivity contribution in [3.05, 3.63) is 37.8 Å². The first-order valence-electron chi connectivity index (χ1n) is 5.53. The van der Waals surface area contributed by atoms with Crippen molar-refractivity contribution in [1.29, 1.82) is 0 Å². The second-order valence-electron chi connectivity index (χ2n) is 4.01. The highest BCUT2D eigenvalue weighted by Gasteiger charge is 2.16. The molecule has 0 aliphatic heterocycles. The smallest absolute Gasteiger partial charge is 0.338 e. The van der Waals surface area contributed by atoms with Crippen LogP contribution in [-0.4, -0.2) is 29.1 Å². The van der Waals surface area contributed by atoms with Crippen molar-refractivity contribution in [2.24, 2.45) is 0 Å². The van der Waals surface area contributed by atoms with E-state index in [9.17, 15) is 9.59 Å². The number of anilines is 1. The number of carbonyl (C=O) groups excluding carboxylic acids is 1. The van der Waals surface area contributed by atoms with Crippen LogP contribution in [0.2, 0.25) is 0 Å². The van der Waals surface area contributed by atoms with Crippen molar-refractivity contribution in [2.75, 3.05) is 12.4 Å². The molecule has 5 nitrogen and oxygen atoms in total. The van der Waals surface area contributed by atoms with Crippen LogP contribution in [0.15, 0.2) is 26.7 Å². The van der Waals surface area contributed by atoms with Crippen LogP contribution in [0.1, 0.15) is 15.9 Å². The van der Waals surface area contributed by atoms with Gasteiger partial charge in [0.05, 0.1) is 9.35 Å². The number of carboxylic acid groups (broad SMARTS) is 1. The molecular formula is C12H11BrN2O3S2. The number of carbonyl (C=O) groups is 2. The molecule has 8 heteroatoms. The zero-order chi connectivity index (χ0) is 14.7. The largest absolute Gasteiger partial charge is 0.478 e. The Morgan fingerprint density at radius 2 is 2.20 bits per heavy atom. The standard InChI is InChI=1S/C12H11BrN2O3S2/c1-15(5-7-4-9(13)20-6-7)12(18)14-10-8(11(16)17)2-3-19-10/h2-4,6H,5H2,1H3,(H,14,18)(H,16,17). The SMILES string of the molecule is CN(Cc1csc(Br)c1)C(=O)Nc1sccc1C(=O)O. The molecule has 2 N–H and O–H groups in total. The van der Waals surface area contributed by atoms with Gasteiger partial charge in [0.2, 0.25) is 0 Å². The summed E-state index contributed by atoms with van der Waals surface area (Å²) in [5.41, 5.74) is 1.12. The lowest BCUT2D eigenvalue weighted by Gasteiger charge is -2.16. The minimum absolute atomic E-state index is 0.107. The van der Waals surface area contributed by atoms with Gasteiger partial charge >= 0.3 is 12.0 Å². The van der Waals surface area contributed by atoms with Crippen molar-refractivity contribution in [3.8, 4) is 0 Å². The number of halogens is 1. The maximum atomic E-state index is 12.0. The normalized spacial score (nSPS) is 10.3. The lowest BCUT2D eigenvalue weighted by molar-refractivity contribution is 0.0698. The number of nitrogens with zero attached hydrogens (tertiary/aromatic N) is 1. The first-order valence-corrected chi connectivity index (χ1v) is 8.08. The average Bonchev–Trinajstić information content (AvgIpc) is 2.98. The van der Waals surface area contributed by atoms with E-state index in [1.54, 1.807) is 23.8 Å². The monoisotopic (exact) mass is 374 g/mol. The second-order valence-corrected chi connectivity index (χ2v) is 7.22. The first kappa shape index (κ1) is 15.0. The average molecular weight is 375 g/mol. The number of nitrogens with one attached hydrogen (secondary N) is 1. The molecule has 0 saturated carbocycles. The number of carboxylic acids is 1. The van der Waals surface area contributed by atoms with Gasteiger partial charge in [-0.15, -0.1) is 22.7 Å². The Balaban J connectivity index is 2.00. The van der Waals surface area contributed by atoms with Crippen molar-refractivity contribution >= 4 is 55.6 Å². The molecule has 20 heavy (non-hydrogen) atoms. The summed E-state index contributed by atoms with van der Waals surface area (Å²) in [6.45, 7) is 0.460. The third kappa shape index (κ3) is 3.59. The van der Waals surface area contributed by atoms with Crippen LogP contribution in [0.3, 0.4) is 0 Å². The predicted octanol–water partition coefficient (Wildman–Crippen LogP) is 3.93. The molecule has 0 aliphatic rings. The maximum absolute atomic E-state index is 12.0. The number of rotatable bonds is 4. The van der Waals surface area contributed by atoms with Crippen molar-refractivity contribution in [3.63, 3.8) is 0 Å². The number of amides is 2. The second kappa shape index (κ2) is 6.38. The van der Waals surface area contributed by atoms with Crippen LogP contribution in [0.4, 0.5) is 9.80 Å². The van der Waals surface area contributed by atoms with E-state index in [1.165, 1.54) is 22.3 Å². The molecule has 2 heterocycles. The molecule has 2 amide bonds. The lowest BCUT2D eigenvalue weighted by Crippen LogP contribution is -2.30. The zero-order valence-electron chi connectivity index (χ0n) is 10.4. The van der Waals surface area contributed by atoms with Crippen LogP contribution in [0.5, 0.6) is 0 Å². The Hall–Kier alpha value is -1.38. The Bertz CT molecular complexity index is 638. The summed E-state index contributed by atoms with van der Waals surface area (Å²) in [7, 11) is 1.66. The van der Waals surface area contributed by atoms with Crippen LogP contribution >= 0.6 is 38.6 Å². The van der Waals surface area contributed by atoms with Gasteiger partial charge in [-0.05, 0) is 44.4 Å². The van der Waals surface area contributed by atoms with Gasteiger partial charge in [0, 0.05) is 13.6 Å². The van der Waals surface area contributed by atoms with Gasteiger partial charge in [-0.1, -0.05) is 0 Å². The molecule has 106 valence electrons. The minimum Gasteiger partial charge on any atom is -0.478 e. The van der Waals surface area contributed by atoms with E-state index in [4.69, 9.17) is 5.11 Å². The highest BCUT2D eigenvalue weighted by Crippen LogP contribution is 2.24. The van der Waals surface area contributed by atoms with Gasteiger partial charge in [0.1, 0.15) is 5.00 Å². The Kier molecular flexibility index (Phi) is 4.79. The zero-order valence-corrected chi connectivity index (χ0v) is 13.6. The summed E-state index contributed by atoms with van der Waals surface area (Å²) < 4.78 is 1.01. The molecule has 0 spiro atoms. The number of urea groups is 1. The fraction of sp³-hybridized carbons (Fsp3) is 0.167. The third-order valence-electron chi connectivity index (χ3n) is 2.50. The van der Waals surface area contributed by atoms with E-state index in [2.05, 4.69) is 21.2 Å². The highest BCUT2D eigenvalue weighted by molar-refractivity contribution is 9.11. The Labute approximate surface area is 132 Å². The lowest BCUT2D eigenvalue weighted by atomic mass is 10.3. The van der Waals surface area contributed by atoms with E-state index < -0.39 is 5.97 Å². The molecule has 0 aromatic carbocycles. The quantitative estimate of drug-likeness (QED) is 0.851. The number of hydrogen-bond acceptors (Lipinski definition) is 4. The predicted molar refractivity (Wildman–Crippen MR) is 83.8 cm³/mol. The summed E-state index contributed by atoms with van der Waals surface area (Å²) in [5.74, 6) is -1.05. The summed E-state index contributed by atoms with van der Waals surface area (Å²) in [6.07, 6.45) is 0. The van der Waals surface area contributed by atoms with Crippen molar-refractivity contribution in [1.82, 2.24) is 4.90 Å². The van der Waals surface area contributed by atoms with Crippen LogP contribution in [0, 0.1) is 0 Å². The topological polar surface area (TPSA) is 69.6 Å². The number of aromatic carboxylic acids is 1. The molecule has 0 aliphatic carbocycles. The molecule has 0 radical (unpaired) electrons. The van der Waals surface area contributed by atoms with Gasteiger partial charge < -0.3 is 10.0 Å². The van der Waals surface area contributed by atoms with Gasteiger partial charge in [0.25, 0.3) is 0 Å². The summed E-state index contributed by atoms with van der Waals surface area (Å²) in [6, 6.07) is 3.08. The van der Waals surface area contributed by atoms with Gasteiger partial charge in [0.15, 0.2) is 0 Å². The molecule has 0 unspecified atom stereocenters. The third-order valence-corrected chi connectivity index (χ3v) is 4.89. The summed E-state index contributed by atoms with van der Waals surface area (Å²) in [5, 5.41) is 15.5. The summed E-state index contributed by atoms with van der Waals surface area (Å²) >= 11 is 6.11. The highest BCUT2D eigenvalue weighted by atomic mass is 79.9. The summed E-state index contributed by atoms with van der Waals surface area (Å²) in [4.78, 5) is 24.5. The number of hydrogen-bond donors (Lipinski definition) is 2. The molecule has 0 bridgehead atoms. The Morgan fingerprint density at radius 3 is 2.80 bits per heavy atom. The Morgan fingerprint density at radius 1 is 1.45 bits per heavy atom. The molecule has 2 rings (SSSR count). The van der Waals surface area contributed by atoms with E-state index in [0.29, 0.717) is 11.5 Å². The van der Waals surface area contributed by atoms with E-state index in [-0.39, 0.29) is 11.6 Å². The van der Waals surface area contributed by atoms with Crippen molar-refractivity contribution < 1.29 is 14.7 Å². The first-order chi connectivity index (χ1) is 9.47. The van der Waals surface area contributed by atoms with Crippen LogP contribution in [-0.2, 0) is 6.54 Å². The van der Waals surface area contributed by atoms with Gasteiger partial charge in [-0.2, -0.15) is 0 Å². The fourth-order valence-electron chi connectivity index (χ4n) is 1.54. The van der Waals surface area contributed by atoms with Crippen LogP contribution < -0.4 is 5.32 Å². The molecule has 0 saturated heterocycles. The molecule has 2 aromatic rings. The fourth-order valence-corrected chi connectivity index (χ4v) is 3.51.